The number of benzene rings is 1. The van der Waals surface area contributed by atoms with Crippen molar-refractivity contribution in [2.75, 3.05) is 22.1 Å². The van der Waals surface area contributed by atoms with E-state index in [1.807, 2.05) is 6.07 Å². The molecule has 0 bridgehead atoms. The first-order valence-corrected chi connectivity index (χ1v) is 11.8. The van der Waals surface area contributed by atoms with Gasteiger partial charge in [0, 0.05) is 36.2 Å². The summed E-state index contributed by atoms with van der Waals surface area (Å²) in [5.41, 5.74) is 6.19. The number of nitrogens with zero attached hydrogens (tertiary/aromatic N) is 3. The van der Waals surface area contributed by atoms with Crippen molar-refractivity contribution >= 4 is 29.0 Å². The van der Waals surface area contributed by atoms with Gasteiger partial charge in [-0.1, -0.05) is 0 Å². The van der Waals surface area contributed by atoms with E-state index in [4.69, 9.17) is 5.73 Å². The van der Waals surface area contributed by atoms with Crippen molar-refractivity contribution in [2.45, 2.75) is 76.2 Å². The molecule has 0 atom stereocenters. The molecule has 2 aliphatic rings. The summed E-state index contributed by atoms with van der Waals surface area (Å²) in [6.07, 6.45) is -0.298. The van der Waals surface area contributed by atoms with E-state index in [2.05, 4.69) is 20.6 Å². The lowest BCUT2D eigenvalue weighted by Gasteiger charge is -2.28. The highest BCUT2D eigenvalue weighted by Gasteiger charge is 2.36. The highest BCUT2D eigenvalue weighted by Crippen LogP contribution is 2.36. The Balaban J connectivity index is 1.52. The summed E-state index contributed by atoms with van der Waals surface area (Å²) in [7, 11) is 0. The number of aromatic nitrogens is 2. The van der Waals surface area contributed by atoms with Crippen LogP contribution in [0, 0.1) is 0 Å². The first kappa shape index (κ1) is 25.2. The molecule has 1 aromatic carbocycles. The summed E-state index contributed by atoms with van der Waals surface area (Å²) >= 11 is 0. The Morgan fingerprint density at radius 2 is 1.94 bits per heavy atom. The normalized spacial score (nSPS) is 20.5. The van der Waals surface area contributed by atoms with E-state index >= 15 is 0 Å². The maximum Gasteiger partial charge on any atom is 0.421 e. The van der Waals surface area contributed by atoms with Gasteiger partial charge in [0.25, 0.3) is 0 Å². The highest BCUT2D eigenvalue weighted by molar-refractivity contribution is 5.96. The molecule has 0 saturated heterocycles. The standard InChI is InChI=1S/C24H31F3N6O2/c1-23(2,35)12-20(34)33-10-9-14-11-17(7-8-19(14)33)31-22-29-13-18(24(25,26)27)21(32-22)30-16-5-3-15(28)4-6-16/h7-8,11,13,15-16,35H,3-6,9-10,12,28H2,1-2H3,(H2,29,30,31,32). The number of amides is 1. The van der Waals surface area contributed by atoms with Gasteiger partial charge in [0.05, 0.1) is 12.0 Å². The van der Waals surface area contributed by atoms with Crippen molar-refractivity contribution in [2.24, 2.45) is 5.73 Å². The van der Waals surface area contributed by atoms with Gasteiger partial charge in [0.1, 0.15) is 11.4 Å². The van der Waals surface area contributed by atoms with Crippen LogP contribution in [-0.2, 0) is 17.4 Å². The van der Waals surface area contributed by atoms with Gasteiger partial charge in [-0.3, -0.25) is 4.79 Å². The summed E-state index contributed by atoms with van der Waals surface area (Å²) in [5, 5.41) is 15.9. The molecule has 1 aliphatic carbocycles. The molecule has 11 heteroatoms. The molecule has 1 amide bonds. The van der Waals surface area contributed by atoms with E-state index in [1.165, 1.54) is 0 Å². The van der Waals surface area contributed by atoms with Crippen LogP contribution >= 0.6 is 0 Å². The van der Waals surface area contributed by atoms with Crippen LogP contribution in [0.1, 0.15) is 57.1 Å². The van der Waals surface area contributed by atoms with E-state index in [9.17, 15) is 23.1 Å². The summed E-state index contributed by atoms with van der Waals surface area (Å²) in [5.74, 6) is -0.372. The van der Waals surface area contributed by atoms with Crippen molar-refractivity contribution in [1.82, 2.24) is 9.97 Å². The Hall–Kier alpha value is -2.92. The van der Waals surface area contributed by atoms with Gasteiger partial charge in [0.15, 0.2) is 0 Å². The van der Waals surface area contributed by atoms with Crippen LogP contribution in [0.3, 0.4) is 0 Å². The van der Waals surface area contributed by atoms with E-state index in [-0.39, 0.29) is 36.2 Å². The molecule has 2 aromatic rings. The van der Waals surface area contributed by atoms with Crippen molar-refractivity contribution in [3.05, 3.63) is 35.5 Å². The second-order valence-corrected chi connectivity index (χ2v) is 9.96. The van der Waals surface area contributed by atoms with Gasteiger partial charge < -0.3 is 26.4 Å². The number of anilines is 4. The molecule has 0 radical (unpaired) electrons. The number of aliphatic hydroxyl groups is 1. The maximum atomic E-state index is 13.6. The second-order valence-electron chi connectivity index (χ2n) is 9.96. The topological polar surface area (TPSA) is 116 Å². The minimum atomic E-state index is -4.58. The quantitative estimate of drug-likeness (QED) is 0.482. The number of hydrogen-bond acceptors (Lipinski definition) is 7. The second kappa shape index (κ2) is 9.62. The Kier molecular flexibility index (Phi) is 6.92. The number of fused-ring (bicyclic) bond motifs is 1. The molecule has 1 aromatic heterocycles. The molecule has 35 heavy (non-hydrogen) atoms. The molecule has 5 N–H and O–H groups in total. The summed E-state index contributed by atoms with van der Waals surface area (Å²) in [6.45, 7) is 3.68. The average Bonchev–Trinajstić information content (AvgIpc) is 3.17. The van der Waals surface area contributed by atoms with E-state index in [0.717, 1.165) is 30.3 Å². The number of rotatable bonds is 6. The van der Waals surface area contributed by atoms with Gasteiger partial charge >= 0.3 is 6.18 Å². The molecule has 1 fully saturated rings. The van der Waals surface area contributed by atoms with E-state index in [0.29, 0.717) is 31.5 Å². The summed E-state index contributed by atoms with van der Waals surface area (Å²) in [4.78, 5) is 22.2. The van der Waals surface area contributed by atoms with Crippen LogP contribution in [0.25, 0.3) is 0 Å². The van der Waals surface area contributed by atoms with Gasteiger partial charge in [-0.15, -0.1) is 0 Å². The molecular weight excluding hydrogens is 461 g/mol. The molecule has 8 nitrogen and oxygen atoms in total. The third-order valence-electron chi connectivity index (χ3n) is 6.32. The Morgan fingerprint density at radius 1 is 1.23 bits per heavy atom. The fraction of sp³-hybridized carbons (Fsp3) is 0.542. The number of nitrogens with two attached hydrogens (primary N) is 1. The highest BCUT2D eigenvalue weighted by atomic mass is 19.4. The molecule has 190 valence electrons. The molecule has 2 heterocycles. The lowest BCUT2D eigenvalue weighted by Crippen LogP contribution is -2.35. The summed E-state index contributed by atoms with van der Waals surface area (Å²) in [6, 6.07) is 5.29. The average molecular weight is 493 g/mol. The largest absolute Gasteiger partial charge is 0.421 e. The lowest BCUT2D eigenvalue weighted by atomic mass is 9.92. The third-order valence-corrected chi connectivity index (χ3v) is 6.32. The number of halogens is 3. The minimum Gasteiger partial charge on any atom is -0.390 e. The molecule has 0 unspecified atom stereocenters. The van der Waals surface area contributed by atoms with Crippen LogP contribution in [0.5, 0.6) is 0 Å². The predicted octanol–water partition coefficient (Wildman–Crippen LogP) is 3.97. The number of alkyl halides is 3. The predicted molar refractivity (Wildman–Crippen MR) is 128 cm³/mol. The summed E-state index contributed by atoms with van der Waals surface area (Å²) < 4.78 is 40.7. The Morgan fingerprint density at radius 3 is 2.60 bits per heavy atom. The fourth-order valence-corrected chi connectivity index (χ4v) is 4.55. The Bertz CT molecular complexity index is 1080. The van der Waals surface area contributed by atoms with Crippen LogP contribution < -0.4 is 21.3 Å². The van der Waals surface area contributed by atoms with Gasteiger partial charge in [0.2, 0.25) is 11.9 Å². The monoisotopic (exact) mass is 492 g/mol. The molecule has 0 spiro atoms. The first-order valence-electron chi connectivity index (χ1n) is 11.8. The maximum absolute atomic E-state index is 13.6. The number of nitrogens with one attached hydrogen (secondary N) is 2. The number of carbonyl (C=O) groups is 1. The van der Waals surface area contributed by atoms with Crippen LogP contribution in [0.15, 0.2) is 24.4 Å². The Labute approximate surface area is 202 Å². The third kappa shape index (κ3) is 6.21. The smallest absolute Gasteiger partial charge is 0.390 e. The van der Waals surface area contributed by atoms with E-state index in [1.54, 1.807) is 30.9 Å². The van der Waals surface area contributed by atoms with Crippen molar-refractivity contribution < 1.29 is 23.1 Å². The number of carbonyl (C=O) groups excluding carboxylic acids is 1. The van der Waals surface area contributed by atoms with Crippen molar-refractivity contribution in [3.63, 3.8) is 0 Å². The van der Waals surface area contributed by atoms with Gasteiger partial charge in [-0.25, -0.2) is 4.98 Å². The molecular formula is C24H31F3N6O2. The fourth-order valence-electron chi connectivity index (χ4n) is 4.55. The lowest BCUT2D eigenvalue weighted by molar-refractivity contribution is -0.137. The van der Waals surface area contributed by atoms with Gasteiger partial charge in [-0.2, -0.15) is 18.2 Å². The molecule has 1 aliphatic heterocycles. The van der Waals surface area contributed by atoms with Crippen molar-refractivity contribution in [1.29, 1.82) is 0 Å². The zero-order chi connectivity index (χ0) is 25.4. The van der Waals surface area contributed by atoms with E-state index < -0.39 is 17.3 Å². The number of hydrogen-bond donors (Lipinski definition) is 4. The zero-order valence-electron chi connectivity index (χ0n) is 19.8. The SMILES string of the molecule is CC(C)(O)CC(=O)N1CCc2cc(Nc3ncc(C(F)(F)F)c(NC4CCC(N)CC4)n3)ccc21. The van der Waals surface area contributed by atoms with Gasteiger partial charge in [-0.05, 0) is 69.7 Å². The minimum absolute atomic E-state index is 0.00848. The molecule has 1 saturated carbocycles. The molecule has 4 rings (SSSR count). The van der Waals surface area contributed by atoms with Crippen LogP contribution in [0.4, 0.5) is 36.3 Å². The zero-order valence-corrected chi connectivity index (χ0v) is 19.8. The van der Waals surface area contributed by atoms with Crippen molar-refractivity contribution in [3.8, 4) is 0 Å². The van der Waals surface area contributed by atoms with Crippen LogP contribution in [-0.4, -0.2) is 45.2 Å². The first-order chi connectivity index (χ1) is 16.4. The van der Waals surface area contributed by atoms with Crippen LogP contribution in [0.2, 0.25) is 0 Å².